The first kappa shape index (κ1) is 17.9. The Bertz CT molecular complexity index is 727. The Morgan fingerprint density at radius 1 is 1.14 bits per heavy atom. The van der Waals surface area contributed by atoms with E-state index in [-0.39, 0.29) is 11.4 Å². The molecule has 0 fully saturated rings. The van der Waals surface area contributed by atoms with E-state index >= 15 is 0 Å². The molecule has 0 atom stereocenters. The standard InChI is InChI=1S/C13H22N2O4S2/c1-9-6-11(7-12(14)10(9)2)21(18,19)15-8-13(3,4)20(5,16)17/h6-7,15H,8,14H2,1-5H3. The summed E-state index contributed by atoms with van der Waals surface area (Å²) in [4.78, 5) is 0.0346. The zero-order valence-corrected chi connectivity index (χ0v) is 14.5. The highest BCUT2D eigenvalue weighted by Crippen LogP contribution is 2.22. The van der Waals surface area contributed by atoms with Crippen molar-refractivity contribution in [3.8, 4) is 0 Å². The van der Waals surface area contributed by atoms with Crippen LogP contribution in [-0.2, 0) is 19.9 Å². The minimum Gasteiger partial charge on any atom is -0.398 e. The molecule has 0 spiro atoms. The molecule has 0 amide bonds. The SMILES string of the molecule is Cc1cc(S(=O)(=O)NCC(C)(C)S(C)(=O)=O)cc(N)c1C. The first-order valence-electron chi connectivity index (χ1n) is 6.34. The molecule has 1 rings (SSSR count). The van der Waals surface area contributed by atoms with Crippen molar-refractivity contribution >= 4 is 25.5 Å². The summed E-state index contributed by atoms with van der Waals surface area (Å²) in [6.45, 7) is 6.31. The molecule has 0 aromatic heterocycles. The second-order valence-electron chi connectivity index (χ2n) is 5.81. The van der Waals surface area contributed by atoms with Gasteiger partial charge in [-0.25, -0.2) is 21.6 Å². The van der Waals surface area contributed by atoms with Gasteiger partial charge in [0.25, 0.3) is 0 Å². The van der Waals surface area contributed by atoms with Gasteiger partial charge in [0.2, 0.25) is 10.0 Å². The molecule has 0 saturated carbocycles. The Balaban J connectivity index is 3.09. The van der Waals surface area contributed by atoms with Crippen LogP contribution in [0.3, 0.4) is 0 Å². The van der Waals surface area contributed by atoms with E-state index in [2.05, 4.69) is 4.72 Å². The van der Waals surface area contributed by atoms with Gasteiger partial charge >= 0.3 is 0 Å². The lowest BCUT2D eigenvalue weighted by Gasteiger charge is -2.22. The van der Waals surface area contributed by atoms with E-state index in [1.54, 1.807) is 13.8 Å². The van der Waals surface area contributed by atoms with Gasteiger partial charge in [0.15, 0.2) is 9.84 Å². The summed E-state index contributed by atoms with van der Waals surface area (Å²) in [7, 11) is -7.19. The van der Waals surface area contributed by atoms with Crippen LogP contribution >= 0.6 is 0 Å². The van der Waals surface area contributed by atoms with E-state index in [1.165, 1.54) is 26.0 Å². The molecule has 1 aromatic rings. The van der Waals surface area contributed by atoms with Crippen LogP contribution in [0.2, 0.25) is 0 Å². The molecule has 0 saturated heterocycles. The molecule has 1 aromatic carbocycles. The third kappa shape index (κ3) is 3.96. The van der Waals surface area contributed by atoms with Gasteiger partial charge in [-0.05, 0) is 51.0 Å². The minimum atomic E-state index is -3.81. The van der Waals surface area contributed by atoms with Crippen molar-refractivity contribution in [2.75, 3.05) is 18.5 Å². The number of nitrogens with two attached hydrogens (primary N) is 1. The van der Waals surface area contributed by atoms with Crippen LogP contribution in [0.1, 0.15) is 25.0 Å². The van der Waals surface area contributed by atoms with Crippen LogP contribution in [0.15, 0.2) is 17.0 Å². The predicted octanol–water partition coefficient (Wildman–Crippen LogP) is 0.987. The molecule has 0 unspecified atom stereocenters. The Hall–Kier alpha value is -1.12. The number of hydrogen-bond donors (Lipinski definition) is 2. The van der Waals surface area contributed by atoms with Crippen molar-refractivity contribution in [3.05, 3.63) is 23.3 Å². The van der Waals surface area contributed by atoms with Crippen molar-refractivity contribution in [2.24, 2.45) is 0 Å². The van der Waals surface area contributed by atoms with Crippen molar-refractivity contribution in [1.82, 2.24) is 4.72 Å². The molecule has 0 bridgehead atoms. The normalized spacial score (nSPS) is 13.4. The maximum absolute atomic E-state index is 12.3. The fraction of sp³-hybridized carbons (Fsp3) is 0.538. The summed E-state index contributed by atoms with van der Waals surface area (Å²) in [5, 5.41) is 0. The zero-order chi connectivity index (χ0) is 16.6. The van der Waals surface area contributed by atoms with E-state index in [4.69, 9.17) is 5.73 Å². The van der Waals surface area contributed by atoms with Gasteiger partial charge in [0.05, 0.1) is 9.64 Å². The number of benzene rings is 1. The average Bonchev–Trinajstić information content (AvgIpc) is 2.31. The number of sulfonamides is 1. The van der Waals surface area contributed by atoms with E-state index in [9.17, 15) is 16.8 Å². The van der Waals surface area contributed by atoms with Gasteiger partial charge in [0.1, 0.15) is 0 Å². The fourth-order valence-electron chi connectivity index (χ4n) is 1.49. The molecular weight excluding hydrogens is 312 g/mol. The first-order chi connectivity index (χ1) is 9.28. The summed E-state index contributed by atoms with van der Waals surface area (Å²) in [5.41, 5.74) is 7.75. The molecule has 0 aliphatic rings. The number of hydrogen-bond acceptors (Lipinski definition) is 5. The Kier molecular flexibility index (Phi) is 4.77. The van der Waals surface area contributed by atoms with Gasteiger partial charge in [-0.15, -0.1) is 0 Å². The summed E-state index contributed by atoms with van der Waals surface area (Å²) >= 11 is 0. The van der Waals surface area contributed by atoms with E-state index in [0.29, 0.717) is 5.69 Å². The molecule has 3 N–H and O–H groups in total. The quantitative estimate of drug-likeness (QED) is 0.781. The molecule has 0 radical (unpaired) electrons. The minimum absolute atomic E-state index is 0.0346. The monoisotopic (exact) mass is 334 g/mol. The van der Waals surface area contributed by atoms with Gasteiger partial charge in [-0.1, -0.05) is 0 Å². The van der Waals surface area contributed by atoms with Crippen LogP contribution in [0, 0.1) is 13.8 Å². The lowest BCUT2D eigenvalue weighted by atomic mass is 10.1. The van der Waals surface area contributed by atoms with Gasteiger partial charge in [-0.3, -0.25) is 0 Å². The highest BCUT2D eigenvalue weighted by molar-refractivity contribution is 7.92. The molecule has 0 aliphatic heterocycles. The maximum Gasteiger partial charge on any atom is 0.240 e. The summed E-state index contributed by atoms with van der Waals surface area (Å²) in [5.74, 6) is 0. The second-order valence-corrected chi connectivity index (χ2v) is 10.2. The summed E-state index contributed by atoms with van der Waals surface area (Å²) in [6.07, 6.45) is 1.08. The molecule has 0 aliphatic carbocycles. The first-order valence-corrected chi connectivity index (χ1v) is 9.71. The highest BCUT2D eigenvalue weighted by Gasteiger charge is 2.32. The topological polar surface area (TPSA) is 106 Å². The fourth-order valence-corrected chi connectivity index (χ4v) is 3.25. The number of aryl methyl sites for hydroxylation is 1. The summed E-state index contributed by atoms with van der Waals surface area (Å²) < 4.78 is 48.9. The third-order valence-electron chi connectivity index (χ3n) is 3.68. The van der Waals surface area contributed by atoms with Gasteiger partial charge < -0.3 is 5.73 Å². The molecule has 0 heterocycles. The number of sulfone groups is 1. The summed E-state index contributed by atoms with van der Waals surface area (Å²) in [6, 6.07) is 2.89. The molecule has 6 nitrogen and oxygen atoms in total. The van der Waals surface area contributed by atoms with Crippen LogP contribution in [-0.4, -0.2) is 34.4 Å². The van der Waals surface area contributed by atoms with Crippen LogP contribution in [0.25, 0.3) is 0 Å². The number of nitrogen functional groups attached to an aromatic ring is 1. The maximum atomic E-state index is 12.3. The Labute approximate surface area is 126 Å². The average molecular weight is 334 g/mol. The molecule has 120 valence electrons. The lowest BCUT2D eigenvalue weighted by Crippen LogP contribution is -2.43. The van der Waals surface area contributed by atoms with E-state index < -0.39 is 24.6 Å². The Morgan fingerprint density at radius 2 is 1.67 bits per heavy atom. The van der Waals surface area contributed by atoms with Crippen LogP contribution in [0.5, 0.6) is 0 Å². The number of rotatable bonds is 5. The number of anilines is 1. The van der Waals surface area contributed by atoms with Crippen molar-refractivity contribution in [1.29, 1.82) is 0 Å². The smallest absolute Gasteiger partial charge is 0.240 e. The second kappa shape index (κ2) is 5.58. The molecule has 8 heteroatoms. The Morgan fingerprint density at radius 3 is 2.10 bits per heavy atom. The molecular formula is C13H22N2O4S2. The van der Waals surface area contributed by atoms with E-state index in [0.717, 1.165) is 17.4 Å². The van der Waals surface area contributed by atoms with E-state index in [1.807, 2.05) is 0 Å². The van der Waals surface area contributed by atoms with Crippen molar-refractivity contribution in [2.45, 2.75) is 37.3 Å². The molecule has 21 heavy (non-hydrogen) atoms. The third-order valence-corrected chi connectivity index (χ3v) is 7.22. The van der Waals surface area contributed by atoms with Gasteiger partial charge in [-0.2, -0.15) is 0 Å². The predicted molar refractivity (Wildman–Crippen MR) is 84.4 cm³/mol. The van der Waals surface area contributed by atoms with Crippen molar-refractivity contribution < 1.29 is 16.8 Å². The largest absolute Gasteiger partial charge is 0.398 e. The van der Waals surface area contributed by atoms with Crippen LogP contribution in [0.4, 0.5) is 5.69 Å². The highest BCUT2D eigenvalue weighted by atomic mass is 32.2. The zero-order valence-electron chi connectivity index (χ0n) is 12.9. The van der Waals surface area contributed by atoms with Gasteiger partial charge in [0, 0.05) is 18.5 Å². The van der Waals surface area contributed by atoms with Crippen LogP contribution < -0.4 is 10.5 Å². The lowest BCUT2D eigenvalue weighted by molar-refractivity contribution is 0.537. The number of nitrogens with one attached hydrogen (secondary N) is 1. The van der Waals surface area contributed by atoms with Crippen molar-refractivity contribution in [3.63, 3.8) is 0 Å².